The van der Waals surface area contributed by atoms with Crippen molar-refractivity contribution >= 4 is 12.0 Å². The van der Waals surface area contributed by atoms with E-state index >= 15 is 0 Å². The van der Waals surface area contributed by atoms with Crippen LogP contribution in [-0.2, 0) is 4.79 Å². The molecule has 21 heavy (non-hydrogen) atoms. The van der Waals surface area contributed by atoms with Crippen molar-refractivity contribution in [2.24, 2.45) is 11.8 Å². The van der Waals surface area contributed by atoms with Crippen LogP contribution in [0.4, 0.5) is 4.79 Å². The van der Waals surface area contributed by atoms with Crippen molar-refractivity contribution in [1.82, 2.24) is 10.2 Å². The predicted octanol–water partition coefficient (Wildman–Crippen LogP) is 3.10. The molecule has 1 aliphatic carbocycles. The summed E-state index contributed by atoms with van der Waals surface area (Å²) in [5.74, 6) is 0.426. The lowest BCUT2D eigenvalue weighted by atomic mass is 9.81. The van der Waals surface area contributed by atoms with Gasteiger partial charge in [-0.15, -0.1) is 0 Å². The van der Waals surface area contributed by atoms with Gasteiger partial charge in [-0.2, -0.15) is 0 Å². The molecule has 0 aliphatic heterocycles. The maximum atomic E-state index is 12.2. The molecule has 0 aromatic carbocycles. The molecule has 0 aromatic rings. The van der Waals surface area contributed by atoms with Crippen LogP contribution in [0.2, 0.25) is 0 Å². The van der Waals surface area contributed by atoms with Crippen LogP contribution in [-0.4, -0.2) is 41.1 Å². The van der Waals surface area contributed by atoms with Crippen LogP contribution in [0, 0.1) is 11.8 Å². The number of hydrogen-bond acceptors (Lipinski definition) is 2. The Morgan fingerprint density at radius 3 is 2.24 bits per heavy atom. The Bertz CT molecular complexity index is 338. The second kappa shape index (κ2) is 8.90. The molecule has 1 atom stereocenters. The summed E-state index contributed by atoms with van der Waals surface area (Å²) in [6, 6.07) is -0.304. The molecule has 1 rings (SSSR count). The lowest BCUT2D eigenvalue weighted by molar-refractivity contribution is -0.138. The van der Waals surface area contributed by atoms with Gasteiger partial charge >= 0.3 is 12.0 Å². The first-order valence-electron chi connectivity index (χ1n) is 8.24. The Kier molecular flexibility index (Phi) is 7.54. The van der Waals surface area contributed by atoms with E-state index in [1.165, 1.54) is 37.0 Å². The van der Waals surface area contributed by atoms with Crippen molar-refractivity contribution in [2.75, 3.05) is 13.1 Å². The Morgan fingerprint density at radius 2 is 1.76 bits per heavy atom. The summed E-state index contributed by atoms with van der Waals surface area (Å²) < 4.78 is 0. The maximum Gasteiger partial charge on any atom is 0.323 e. The topological polar surface area (TPSA) is 69.6 Å². The fourth-order valence-corrected chi connectivity index (χ4v) is 2.97. The van der Waals surface area contributed by atoms with Gasteiger partial charge in [0.15, 0.2) is 0 Å². The number of nitrogens with one attached hydrogen (secondary N) is 1. The molecule has 2 amide bonds. The van der Waals surface area contributed by atoms with Crippen LogP contribution in [0.25, 0.3) is 0 Å². The lowest BCUT2D eigenvalue weighted by Gasteiger charge is -2.30. The molecule has 0 heterocycles. The molecular weight excluding hydrogens is 268 g/mol. The zero-order valence-corrected chi connectivity index (χ0v) is 13.6. The van der Waals surface area contributed by atoms with Crippen LogP contribution in [0.15, 0.2) is 0 Å². The highest BCUT2D eigenvalue weighted by atomic mass is 16.4. The normalized spacial score (nSPS) is 23.4. The van der Waals surface area contributed by atoms with E-state index in [4.69, 9.17) is 5.11 Å². The fraction of sp³-hybridized carbons (Fsp3) is 0.875. The average Bonchev–Trinajstić information content (AvgIpc) is 2.49. The van der Waals surface area contributed by atoms with Gasteiger partial charge in [0.05, 0.1) is 0 Å². The summed E-state index contributed by atoms with van der Waals surface area (Å²) in [5, 5.41) is 11.9. The average molecular weight is 298 g/mol. The van der Waals surface area contributed by atoms with Gasteiger partial charge in [0.25, 0.3) is 0 Å². The van der Waals surface area contributed by atoms with Crippen molar-refractivity contribution in [1.29, 1.82) is 0 Å². The third kappa shape index (κ3) is 5.94. The molecule has 0 spiro atoms. The Hall–Kier alpha value is -1.26. The summed E-state index contributed by atoms with van der Waals surface area (Å²) in [4.78, 5) is 24.5. The summed E-state index contributed by atoms with van der Waals surface area (Å²) >= 11 is 0. The van der Waals surface area contributed by atoms with Gasteiger partial charge in [0.1, 0.15) is 6.54 Å². The molecule has 0 bridgehead atoms. The molecule has 1 unspecified atom stereocenters. The van der Waals surface area contributed by atoms with Crippen molar-refractivity contribution in [3.63, 3.8) is 0 Å². The molecule has 1 saturated carbocycles. The largest absolute Gasteiger partial charge is 0.480 e. The van der Waals surface area contributed by atoms with Crippen molar-refractivity contribution in [2.45, 2.75) is 65.3 Å². The lowest BCUT2D eigenvalue weighted by Crippen LogP contribution is -2.48. The van der Waals surface area contributed by atoms with Gasteiger partial charge in [-0.05, 0) is 38.0 Å². The van der Waals surface area contributed by atoms with Crippen LogP contribution in [0.5, 0.6) is 0 Å². The van der Waals surface area contributed by atoms with Crippen LogP contribution in [0.1, 0.15) is 59.3 Å². The summed E-state index contributed by atoms with van der Waals surface area (Å²) in [5.41, 5.74) is 0. The minimum Gasteiger partial charge on any atom is -0.480 e. The van der Waals surface area contributed by atoms with E-state index in [1.807, 2.05) is 13.8 Å². The highest BCUT2D eigenvalue weighted by Gasteiger charge is 2.24. The first kappa shape index (κ1) is 17.8. The van der Waals surface area contributed by atoms with Gasteiger partial charge in [-0.1, -0.05) is 33.1 Å². The number of carboxylic acid groups (broad SMARTS) is 1. The molecule has 1 fully saturated rings. The molecule has 2 N–H and O–H groups in total. The summed E-state index contributed by atoms with van der Waals surface area (Å²) in [6.45, 7) is 6.52. The smallest absolute Gasteiger partial charge is 0.323 e. The number of amides is 2. The zero-order valence-electron chi connectivity index (χ0n) is 13.6. The van der Waals surface area contributed by atoms with Gasteiger partial charge in [0.2, 0.25) is 0 Å². The van der Waals surface area contributed by atoms with Gasteiger partial charge in [0, 0.05) is 12.6 Å². The van der Waals surface area contributed by atoms with Crippen molar-refractivity contribution in [3.8, 4) is 0 Å². The number of carbonyl (C=O) groups excluding carboxylic acids is 1. The number of nitrogens with zero attached hydrogens (tertiary/aromatic N) is 1. The van der Waals surface area contributed by atoms with E-state index in [1.54, 1.807) is 0 Å². The van der Waals surface area contributed by atoms with Crippen LogP contribution >= 0.6 is 0 Å². The second-order valence-corrected chi connectivity index (χ2v) is 6.26. The van der Waals surface area contributed by atoms with Gasteiger partial charge < -0.3 is 15.3 Å². The summed E-state index contributed by atoms with van der Waals surface area (Å²) in [6.07, 6.45) is 6.84. The van der Waals surface area contributed by atoms with Gasteiger partial charge in [-0.25, -0.2) is 4.79 Å². The number of carbonyl (C=O) groups is 2. The molecule has 122 valence electrons. The van der Waals surface area contributed by atoms with E-state index in [9.17, 15) is 9.59 Å². The number of urea groups is 1. The molecule has 5 nitrogen and oxygen atoms in total. The van der Waals surface area contributed by atoms with Crippen LogP contribution in [0.3, 0.4) is 0 Å². The molecule has 0 radical (unpaired) electrons. The number of rotatable bonds is 7. The predicted molar refractivity (Wildman–Crippen MR) is 83.2 cm³/mol. The minimum absolute atomic E-state index is 0.0584. The third-order valence-electron chi connectivity index (χ3n) is 4.77. The van der Waals surface area contributed by atoms with E-state index in [0.717, 1.165) is 12.3 Å². The molecule has 5 heteroatoms. The molecule has 0 saturated heterocycles. The quantitative estimate of drug-likeness (QED) is 0.759. The van der Waals surface area contributed by atoms with Crippen molar-refractivity contribution < 1.29 is 14.7 Å². The first-order valence-corrected chi connectivity index (χ1v) is 8.24. The Labute approximate surface area is 128 Å². The highest BCUT2D eigenvalue weighted by molar-refractivity contribution is 5.80. The Balaban J connectivity index is 2.41. The zero-order chi connectivity index (χ0) is 15.8. The number of carboxylic acids is 1. The highest BCUT2D eigenvalue weighted by Crippen LogP contribution is 2.30. The van der Waals surface area contributed by atoms with E-state index in [-0.39, 0.29) is 18.6 Å². The van der Waals surface area contributed by atoms with E-state index < -0.39 is 5.97 Å². The summed E-state index contributed by atoms with van der Waals surface area (Å²) in [7, 11) is 0. The SMILES string of the molecule is CCC1CCC(CNC(=O)N(CC(=O)O)C(C)CC)CC1. The van der Waals surface area contributed by atoms with Crippen molar-refractivity contribution in [3.05, 3.63) is 0 Å². The first-order chi connectivity index (χ1) is 9.97. The molecule has 0 aromatic heterocycles. The fourth-order valence-electron chi connectivity index (χ4n) is 2.97. The molecular formula is C16H30N2O3. The van der Waals surface area contributed by atoms with E-state index in [2.05, 4.69) is 12.2 Å². The standard InChI is InChI=1S/C16H30N2O3/c1-4-12(3)18(11-15(19)20)16(21)17-10-14-8-6-13(5-2)7-9-14/h12-14H,4-11H2,1-3H3,(H,17,21)(H,19,20). The van der Waals surface area contributed by atoms with E-state index in [0.29, 0.717) is 12.5 Å². The minimum atomic E-state index is -0.964. The monoisotopic (exact) mass is 298 g/mol. The second-order valence-electron chi connectivity index (χ2n) is 6.26. The number of aliphatic carboxylic acids is 1. The molecule has 1 aliphatic rings. The Morgan fingerprint density at radius 1 is 1.19 bits per heavy atom. The third-order valence-corrected chi connectivity index (χ3v) is 4.77. The van der Waals surface area contributed by atoms with Crippen LogP contribution < -0.4 is 5.32 Å². The maximum absolute atomic E-state index is 12.2. The van der Waals surface area contributed by atoms with Gasteiger partial charge in [-0.3, -0.25) is 4.79 Å². The number of hydrogen-bond donors (Lipinski definition) is 2.